The van der Waals surface area contributed by atoms with Gasteiger partial charge in [-0.25, -0.2) is 4.79 Å². The van der Waals surface area contributed by atoms with Gasteiger partial charge >= 0.3 is 5.97 Å². The largest absolute Gasteiger partial charge is 0.429 e. The van der Waals surface area contributed by atoms with Gasteiger partial charge in [0.05, 0.1) is 11.7 Å². The van der Waals surface area contributed by atoms with Crippen molar-refractivity contribution >= 4 is 11.7 Å². The maximum Gasteiger partial charge on any atom is 0.342 e. The molecule has 0 unspecified atom stereocenters. The number of rotatable bonds is 3. The third-order valence-electron chi connectivity index (χ3n) is 3.45. The van der Waals surface area contributed by atoms with Crippen molar-refractivity contribution in [1.29, 1.82) is 0 Å². The number of anilines is 1. The molecule has 5 atom stereocenters. The van der Waals surface area contributed by atoms with Gasteiger partial charge in [0.2, 0.25) is 6.29 Å². The topological polar surface area (TPSA) is 108 Å². The van der Waals surface area contributed by atoms with Gasteiger partial charge in [-0.15, -0.1) is 0 Å². The van der Waals surface area contributed by atoms with E-state index in [2.05, 4.69) is 5.32 Å². The molecular weight excluding hydrogens is 278 g/mol. The molecule has 1 heterocycles. The minimum absolute atomic E-state index is 0.282. The fraction of sp³-hybridized carbons (Fsp3) is 0.500. The van der Waals surface area contributed by atoms with Crippen LogP contribution in [0.5, 0.6) is 0 Å². The maximum atomic E-state index is 12.1. The van der Waals surface area contributed by atoms with E-state index in [0.29, 0.717) is 5.69 Å². The normalized spacial score (nSPS) is 32.5. The summed E-state index contributed by atoms with van der Waals surface area (Å²) in [4.78, 5) is 12.1. The molecule has 4 N–H and O–H groups in total. The van der Waals surface area contributed by atoms with Crippen LogP contribution >= 0.6 is 0 Å². The van der Waals surface area contributed by atoms with Gasteiger partial charge in [-0.05, 0) is 19.1 Å². The van der Waals surface area contributed by atoms with Crippen molar-refractivity contribution in [1.82, 2.24) is 0 Å². The van der Waals surface area contributed by atoms with E-state index >= 15 is 0 Å². The van der Waals surface area contributed by atoms with Crippen molar-refractivity contribution in [3.05, 3.63) is 29.8 Å². The molecule has 0 radical (unpaired) electrons. The van der Waals surface area contributed by atoms with Gasteiger partial charge in [0, 0.05) is 12.7 Å². The Morgan fingerprint density at radius 3 is 2.52 bits per heavy atom. The highest BCUT2D eigenvalue weighted by Gasteiger charge is 2.43. The van der Waals surface area contributed by atoms with Crippen LogP contribution < -0.4 is 5.32 Å². The first-order chi connectivity index (χ1) is 9.95. The summed E-state index contributed by atoms with van der Waals surface area (Å²) in [5, 5.41) is 31.9. The van der Waals surface area contributed by atoms with Crippen LogP contribution in [-0.4, -0.2) is 59.0 Å². The molecule has 7 nitrogen and oxygen atoms in total. The average Bonchev–Trinajstić information content (AvgIpc) is 2.50. The average molecular weight is 297 g/mol. The number of hydrogen-bond acceptors (Lipinski definition) is 7. The summed E-state index contributed by atoms with van der Waals surface area (Å²) in [5.41, 5.74) is 0.852. The van der Waals surface area contributed by atoms with Gasteiger partial charge < -0.3 is 30.1 Å². The van der Waals surface area contributed by atoms with Crippen LogP contribution in [0.1, 0.15) is 17.3 Å². The Bertz CT molecular complexity index is 508. The highest BCUT2D eigenvalue weighted by molar-refractivity contribution is 5.95. The number of benzene rings is 1. The molecule has 0 aliphatic carbocycles. The first-order valence-electron chi connectivity index (χ1n) is 6.63. The van der Waals surface area contributed by atoms with E-state index in [4.69, 9.17) is 9.47 Å². The third-order valence-corrected chi connectivity index (χ3v) is 3.45. The van der Waals surface area contributed by atoms with E-state index in [1.165, 1.54) is 6.92 Å². The van der Waals surface area contributed by atoms with Gasteiger partial charge in [-0.1, -0.05) is 12.1 Å². The Hall–Kier alpha value is -1.67. The molecular formula is C14H19NO6. The quantitative estimate of drug-likeness (QED) is 0.568. The van der Waals surface area contributed by atoms with Crippen LogP contribution in [0.15, 0.2) is 24.3 Å². The van der Waals surface area contributed by atoms with Crippen molar-refractivity contribution in [3.63, 3.8) is 0 Å². The van der Waals surface area contributed by atoms with E-state index in [0.717, 1.165) is 0 Å². The Morgan fingerprint density at radius 2 is 1.86 bits per heavy atom. The SMILES string of the molecule is CNc1ccccc1C(=O)O[C@@H]1O[C@@H](C)[C@@H](O)[C@@H](O)[C@H]1O. The summed E-state index contributed by atoms with van der Waals surface area (Å²) in [5.74, 6) is -0.695. The van der Waals surface area contributed by atoms with Gasteiger partial charge in [0.15, 0.2) is 0 Å². The van der Waals surface area contributed by atoms with Gasteiger partial charge in [0.25, 0.3) is 0 Å². The van der Waals surface area contributed by atoms with Crippen LogP contribution in [0.3, 0.4) is 0 Å². The predicted molar refractivity (Wildman–Crippen MR) is 73.8 cm³/mol. The summed E-state index contributed by atoms with van der Waals surface area (Å²) in [6.07, 6.45) is -6.29. The first kappa shape index (κ1) is 15.7. The molecule has 0 saturated carbocycles. The van der Waals surface area contributed by atoms with E-state index in [-0.39, 0.29) is 5.56 Å². The van der Waals surface area contributed by atoms with E-state index in [1.807, 2.05) is 0 Å². The summed E-state index contributed by atoms with van der Waals surface area (Å²) < 4.78 is 10.3. The minimum atomic E-state index is -1.51. The Morgan fingerprint density at radius 1 is 1.19 bits per heavy atom. The number of aliphatic hydroxyl groups is 3. The minimum Gasteiger partial charge on any atom is -0.429 e. The monoisotopic (exact) mass is 297 g/mol. The van der Waals surface area contributed by atoms with Crippen LogP contribution in [0.4, 0.5) is 5.69 Å². The van der Waals surface area contributed by atoms with Crippen molar-refractivity contribution in [2.24, 2.45) is 0 Å². The molecule has 2 rings (SSSR count). The lowest BCUT2D eigenvalue weighted by molar-refractivity contribution is -0.276. The van der Waals surface area contributed by atoms with Gasteiger partial charge in [-0.3, -0.25) is 0 Å². The molecule has 1 saturated heterocycles. The molecule has 0 amide bonds. The number of hydrogen-bond donors (Lipinski definition) is 4. The number of para-hydroxylation sites is 1. The second-order valence-corrected chi connectivity index (χ2v) is 4.88. The van der Waals surface area contributed by atoms with E-state index in [9.17, 15) is 20.1 Å². The number of carbonyl (C=O) groups excluding carboxylic acids is 1. The third kappa shape index (κ3) is 3.16. The standard InChI is InChI=1S/C14H19NO6/c1-7-10(16)11(17)12(18)14(20-7)21-13(19)8-5-3-4-6-9(8)15-2/h3-7,10-12,14-18H,1-2H3/t7-,10+,11+,12+,14-/m0/s1. The molecule has 0 aromatic heterocycles. The number of aliphatic hydroxyl groups excluding tert-OH is 3. The van der Waals surface area contributed by atoms with E-state index in [1.54, 1.807) is 31.3 Å². The van der Waals surface area contributed by atoms with Crippen LogP contribution in [0.25, 0.3) is 0 Å². The fourth-order valence-corrected chi connectivity index (χ4v) is 2.16. The lowest BCUT2D eigenvalue weighted by Crippen LogP contribution is -2.57. The molecule has 1 aromatic carbocycles. The summed E-state index contributed by atoms with van der Waals surface area (Å²) in [6, 6.07) is 6.71. The maximum absolute atomic E-state index is 12.1. The molecule has 21 heavy (non-hydrogen) atoms. The lowest BCUT2D eigenvalue weighted by atomic mass is 10.00. The molecule has 0 bridgehead atoms. The van der Waals surface area contributed by atoms with Crippen LogP contribution in [0, 0.1) is 0 Å². The van der Waals surface area contributed by atoms with Gasteiger partial charge in [0.1, 0.15) is 18.3 Å². The smallest absolute Gasteiger partial charge is 0.342 e. The predicted octanol–water partition coefficient (Wildman–Crippen LogP) is -0.287. The van der Waals surface area contributed by atoms with Crippen LogP contribution in [-0.2, 0) is 9.47 Å². The fourth-order valence-electron chi connectivity index (χ4n) is 2.16. The Labute approximate surface area is 122 Å². The highest BCUT2D eigenvalue weighted by Crippen LogP contribution is 2.24. The second kappa shape index (κ2) is 6.40. The molecule has 116 valence electrons. The van der Waals surface area contributed by atoms with Crippen molar-refractivity contribution in [3.8, 4) is 0 Å². The molecule has 0 spiro atoms. The zero-order valence-electron chi connectivity index (χ0n) is 11.8. The number of carbonyl (C=O) groups is 1. The van der Waals surface area contributed by atoms with Crippen molar-refractivity contribution in [2.75, 3.05) is 12.4 Å². The summed E-state index contributed by atoms with van der Waals surface area (Å²) in [7, 11) is 1.67. The summed E-state index contributed by atoms with van der Waals surface area (Å²) >= 11 is 0. The zero-order chi connectivity index (χ0) is 15.6. The van der Waals surface area contributed by atoms with E-state index < -0.39 is 36.7 Å². The molecule has 1 fully saturated rings. The Kier molecular flexibility index (Phi) is 4.79. The summed E-state index contributed by atoms with van der Waals surface area (Å²) in [6.45, 7) is 1.52. The van der Waals surface area contributed by atoms with Crippen LogP contribution in [0.2, 0.25) is 0 Å². The zero-order valence-corrected chi connectivity index (χ0v) is 11.8. The number of nitrogens with one attached hydrogen (secondary N) is 1. The highest BCUT2D eigenvalue weighted by atomic mass is 16.7. The molecule has 1 aromatic rings. The second-order valence-electron chi connectivity index (χ2n) is 4.88. The molecule has 1 aliphatic rings. The lowest BCUT2D eigenvalue weighted by Gasteiger charge is -2.38. The van der Waals surface area contributed by atoms with Gasteiger partial charge in [-0.2, -0.15) is 0 Å². The first-order valence-corrected chi connectivity index (χ1v) is 6.63. The number of esters is 1. The van der Waals surface area contributed by atoms with Crippen molar-refractivity contribution < 1.29 is 29.6 Å². The Balaban J connectivity index is 2.12. The van der Waals surface area contributed by atoms with Crippen molar-refractivity contribution in [2.45, 2.75) is 37.6 Å². The molecule has 7 heteroatoms. The molecule has 1 aliphatic heterocycles. The number of ether oxygens (including phenoxy) is 2.